The molecule has 0 aliphatic heterocycles. The second-order valence-corrected chi connectivity index (χ2v) is 6.25. The van der Waals surface area contributed by atoms with Crippen LogP contribution >= 0.6 is 8.03 Å². The molecule has 0 fully saturated rings. The predicted molar refractivity (Wildman–Crippen MR) is 81.4 cm³/mol. The molecule has 0 saturated heterocycles. The minimum Gasteiger partial charge on any atom is -0.390 e. The van der Waals surface area contributed by atoms with Crippen molar-refractivity contribution in [3.05, 3.63) is 35.9 Å². The average Bonchev–Trinajstić information content (AvgIpc) is 2.56. The van der Waals surface area contributed by atoms with E-state index in [2.05, 4.69) is 10.0 Å². The maximum Gasteiger partial charge on any atom is 0.507 e. The number of aliphatic hydroxyl groups excluding tert-OH is 3. The van der Waals surface area contributed by atoms with Gasteiger partial charge in [0.2, 0.25) is 0 Å². The molecule has 0 heterocycles. The van der Waals surface area contributed by atoms with Crippen molar-refractivity contribution in [1.29, 1.82) is 0 Å². The largest absolute Gasteiger partial charge is 0.507 e. The number of nitrogens with one attached hydrogen (secondary N) is 1. The van der Waals surface area contributed by atoms with E-state index in [1.165, 1.54) is 7.11 Å². The molecule has 0 spiro atoms. The Bertz CT molecular complexity index is 433. The first-order valence-electron chi connectivity index (χ1n) is 6.96. The number of hydrogen-bond donors (Lipinski definition) is 4. The molecule has 1 aromatic rings. The van der Waals surface area contributed by atoms with E-state index < -0.39 is 26.3 Å². The molecule has 22 heavy (non-hydrogen) atoms. The van der Waals surface area contributed by atoms with Gasteiger partial charge in [0.25, 0.3) is 0 Å². The Balaban J connectivity index is 2.20. The van der Waals surface area contributed by atoms with Gasteiger partial charge >= 0.3 is 8.03 Å². The lowest BCUT2D eigenvalue weighted by Gasteiger charge is -2.22. The van der Waals surface area contributed by atoms with Gasteiger partial charge in [-0.25, -0.2) is 0 Å². The minimum atomic E-state index is -1.84. The van der Waals surface area contributed by atoms with Gasteiger partial charge in [-0.1, -0.05) is 30.3 Å². The molecule has 0 amide bonds. The molecular formula is C14H23NO6P+. The van der Waals surface area contributed by atoms with E-state index in [4.69, 9.17) is 4.84 Å². The molecule has 1 rings (SSSR count). The first-order valence-corrected chi connectivity index (χ1v) is 8.32. The molecular weight excluding hydrogens is 309 g/mol. The summed E-state index contributed by atoms with van der Waals surface area (Å²) < 4.78 is 15.7. The van der Waals surface area contributed by atoms with Crippen molar-refractivity contribution in [3.8, 4) is 0 Å². The normalized spacial score (nSPS) is 16.1. The summed E-state index contributed by atoms with van der Waals surface area (Å²) in [5.41, 5.74) is 3.51. The van der Waals surface area contributed by atoms with Crippen molar-refractivity contribution in [2.24, 2.45) is 0 Å². The highest BCUT2D eigenvalue weighted by Gasteiger charge is 2.27. The molecule has 0 bridgehead atoms. The fourth-order valence-corrected chi connectivity index (χ4v) is 2.39. The zero-order chi connectivity index (χ0) is 16.4. The second kappa shape index (κ2) is 10.7. The summed E-state index contributed by atoms with van der Waals surface area (Å²) in [5, 5.41) is 29.2. The van der Waals surface area contributed by atoms with Crippen LogP contribution in [-0.4, -0.2) is 53.4 Å². The topological polar surface area (TPSA) is 108 Å². The lowest BCUT2D eigenvalue weighted by atomic mass is 10.1. The Morgan fingerprint density at radius 3 is 2.50 bits per heavy atom. The molecule has 0 aromatic heterocycles. The second-order valence-electron chi connectivity index (χ2n) is 4.78. The van der Waals surface area contributed by atoms with Crippen LogP contribution in [0, 0.1) is 0 Å². The van der Waals surface area contributed by atoms with Crippen LogP contribution in [0.1, 0.15) is 12.0 Å². The molecule has 0 aliphatic rings. The molecule has 1 unspecified atom stereocenters. The van der Waals surface area contributed by atoms with Gasteiger partial charge in [-0.2, -0.15) is 5.48 Å². The fraction of sp³-hybridized carbons (Fsp3) is 0.571. The molecule has 0 saturated carbocycles. The standard InChI is InChI=1S/C14H23NO6P/c1-20-22(19)8-7-12(16)14(18)13(17)9-15-21-10-11-5-3-2-4-6-11/h2-6,12-18H,7-10H2,1H3/q+1/t12-,13+,14-/m1/s1. The van der Waals surface area contributed by atoms with E-state index in [1.54, 1.807) is 0 Å². The number of hydroxylamine groups is 1. The zero-order valence-electron chi connectivity index (χ0n) is 12.5. The Morgan fingerprint density at radius 2 is 1.86 bits per heavy atom. The van der Waals surface area contributed by atoms with Crippen LogP contribution in [0.4, 0.5) is 0 Å². The maximum absolute atomic E-state index is 11.1. The summed E-state index contributed by atoms with van der Waals surface area (Å²) >= 11 is 0. The third-order valence-electron chi connectivity index (χ3n) is 3.08. The minimum absolute atomic E-state index is 0.0402. The summed E-state index contributed by atoms with van der Waals surface area (Å²) in [6, 6.07) is 9.47. The van der Waals surface area contributed by atoms with Crippen molar-refractivity contribution in [3.63, 3.8) is 0 Å². The van der Waals surface area contributed by atoms with Crippen molar-refractivity contribution < 1.29 is 29.2 Å². The number of aliphatic hydroxyl groups is 3. The van der Waals surface area contributed by atoms with E-state index in [1.807, 2.05) is 30.3 Å². The van der Waals surface area contributed by atoms with Gasteiger partial charge in [0.15, 0.2) is 6.16 Å². The van der Waals surface area contributed by atoms with Crippen molar-refractivity contribution in [2.75, 3.05) is 19.8 Å². The third kappa shape index (κ3) is 7.38. The van der Waals surface area contributed by atoms with Gasteiger partial charge in [0.1, 0.15) is 6.10 Å². The van der Waals surface area contributed by atoms with E-state index >= 15 is 0 Å². The Hall–Kier alpha value is -0.920. The van der Waals surface area contributed by atoms with Crippen LogP contribution in [0.15, 0.2) is 30.3 Å². The molecule has 4 atom stereocenters. The quantitative estimate of drug-likeness (QED) is 0.266. The highest BCUT2D eigenvalue weighted by Crippen LogP contribution is 2.22. The summed E-state index contributed by atoms with van der Waals surface area (Å²) in [6.07, 6.45) is -3.54. The molecule has 8 heteroatoms. The van der Waals surface area contributed by atoms with Crippen LogP contribution in [-0.2, 0) is 20.5 Å². The van der Waals surface area contributed by atoms with Crippen LogP contribution in [0.25, 0.3) is 0 Å². The molecule has 7 nitrogen and oxygen atoms in total. The van der Waals surface area contributed by atoms with Crippen LogP contribution in [0.2, 0.25) is 0 Å². The molecule has 0 radical (unpaired) electrons. The maximum atomic E-state index is 11.1. The van der Waals surface area contributed by atoms with Gasteiger partial charge in [-0.15, -0.1) is 4.52 Å². The van der Waals surface area contributed by atoms with E-state index in [0.29, 0.717) is 6.61 Å². The molecule has 1 aromatic carbocycles. The number of benzene rings is 1. The van der Waals surface area contributed by atoms with E-state index in [9.17, 15) is 19.9 Å². The van der Waals surface area contributed by atoms with Gasteiger partial charge in [0.05, 0.1) is 25.9 Å². The zero-order valence-corrected chi connectivity index (χ0v) is 13.4. The molecule has 0 aliphatic carbocycles. The van der Waals surface area contributed by atoms with E-state index in [0.717, 1.165) is 5.56 Å². The van der Waals surface area contributed by atoms with Gasteiger partial charge in [0, 0.05) is 13.0 Å². The van der Waals surface area contributed by atoms with E-state index in [-0.39, 0.29) is 19.1 Å². The van der Waals surface area contributed by atoms with Crippen molar-refractivity contribution in [1.82, 2.24) is 5.48 Å². The Morgan fingerprint density at radius 1 is 1.18 bits per heavy atom. The van der Waals surface area contributed by atoms with Crippen molar-refractivity contribution >= 4 is 8.03 Å². The molecule has 124 valence electrons. The summed E-state index contributed by atoms with van der Waals surface area (Å²) in [7, 11) is -0.527. The van der Waals surface area contributed by atoms with Gasteiger partial charge in [-0.3, -0.25) is 4.84 Å². The first-order chi connectivity index (χ1) is 10.5. The van der Waals surface area contributed by atoms with Crippen LogP contribution in [0.5, 0.6) is 0 Å². The highest BCUT2D eigenvalue weighted by molar-refractivity contribution is 7.39. The average molecular weight is 332 g/mol. The summed E-state index contributed by atoms with van der Waals surface area (Å²) in [5.74, 6) is 0. The lowest BCUT2D eigenvalue weighted by Crippen LogP contribution is -2.43. The summed E-state index contributed by atoms with van der Waals surface area (Å²) in [6.45, 7) is 0.280. The highest BCUT2D eigenvalue weighted by atomic mass is 31.1. The lowest BCUT2D eigenvalue weighted by molar-refractivity contribution is -0.0787. The van der Waals surface area contributed by atoms with Gasteiger partial charge < -0.3 is 15.3 Å². The smallest absolute Gasteiger partial charge is 0.390 e. The number of rotatable bonds is 11. The monoisotopic (exact) mass is 332 g/mol. The van der Waals surface area contributed by atoms with Crippen LogP contribution < -0.4 is 5.48 Å². The predicted octanol–water partition coefficient (Wildman–Crippen LogP) is 0.569. The summed E-state index contributed by atoms with van der Waals surface area (Å²) in [4.78, 5) is 5.17. The molecule has 4 N–H and O–H groups in total. The Labute approximate surface area is 130 Å². The van der Waals surface area contributed by atoms with Gasteiger partial charge in [-0.05, 0) is 10.1 Å². The SMILES string of the molecule is CO[P+](=O)CC[C@@H](O)[C@@H](O)[C@@H](O)CNOCc1ccccc1. The van der Waals surface area contributed by atoms with Crippen LogP contribution in [0.3, 0.4) is 0 Å². The Kier molecular flexibility index (Phi) is 9.34. The third-order valence-corrected chi connectivity index (χ3v) is 4.11. The number of hydrogen-bond acceptors (Lipinski definition) is 7. The first kappa shape index (κ1) is 19.1. The van der Waals surface area contributed by atoms with Crippen molar-refractivity contribution in [2.45, 2.75) is 31.3 Å². The fourth-order valence-electron chi connectivity index (χ4n) is 1.73.